The molecule has 0 aromatic heterocycles. The molecule has 0 heterocycles. The molecule has 1 rings (SSSR count). The number of benzene rings is 1. The van der Waals surface area contributed by atoms with Crippen LogP contribution in [0.3, 0.4) is 0 Å². The van der Waals surface area contributed by atoms with Gasteiger partial charge in [0, 0.05) is 17.4 Å². The molecule has 0 unspecified atom stereocenters. The number of carbonyl (C=O) groups excluding carboxylic acids is 1. The van der Waals surface area contributed by atoms with Crippen molar-refractivity contribution in [2.24, 2.45) is 0 Å². The van der Waals surface area contributed by atoms with Crippen LogP contribution in [0, 0.1) is 0 Å². The van der Waals surface area contributed by atoms with Crippen LogP contribution in [0.25, 0.3) is 0 Å². The van der Waals surface area contributed by atoms with E-state index in [-0.39, 0.29) is 12.5 Å². The first-order valence-corrected chi connectivity index (χ1v) is 8.17. The second kappa shape index (κ2) is 10.4. The van der Waals surface area contributed by atoms with E-state index in [1.165, 1.54) is 4.90 Å². The van der Waals surface area contributed by atoms with Gasteiger partial charge in [-0.1, -0.05) is 15.9 Å². The van der Waals surface area contributed by atoms with Gasteiger partial charge in [-0.05, 0) is 36.5 Å². The van der Waals surface area contributed by atoms with Crippen molar-refractivity contribution in [2.75, 3.05) is 33.8 Å². The summed E-state index contributed by atoms with van der Waals surface area (Å²) in [5.74, 6) is 0.329. The van der Waals surface area contributed by atoms with E-state index in [0.717, 1.165) is 24.0 Å². The van der Waals surface area contributed by atoms with Crippen LogP contribution in [0.1, 0.15) is 6.42 Å². The average molecular weight is 390 g/mol. The van der Waals surface area contributed by atoms with E-state index >= 15 is 0 Å². The van der Waals surface area contributed by atoms with Gasteiger partial charge in [-0.3, -0.25) is 15.6 Å². The Labute approximate surface area is 144 Å². The Kier molecular flexibility index (Phi) is 8.79. The molecule has 0 aliphatic rings. The number of thiocarbonyl (C=S) groups is 1. The molecule has 0 saturated heterocycles. The third-order valence-corrected chi connectivity index (χ3v) is 3.41. The minimum atomic E-state index is -0.301. The molecule has 4 N–H and O–H groups in total. The fraction of sp³-hybridized carbons (Fsp3) is 0.429. The summed E-state index contributed by atoms with van der Waals surface area (Å²) in [6.45, 7) is 1.74. The van der Waals surface area contributed by atoms with Crippen molar-refractivity contribution in [1.82, 2.24) is 16.2 Å². The first kappa shape index (κ1) is 18.7. The normalized spacial score (nSPS) is 10.2. The lowest BCUT2D eigenvalue weighted by Crippen LogP contribution is -3.05. The number of amides is 1. The maximum atomic E-state index is 11.6. The Morgan fingerprint density at radius 3 is 2.59 bits per heavy atom. The van der Waals surface area contributed by atoms with E-state index in [2.05, 4.69) is 46.2 Å². The number of ether oxygens (including phenoxy) is 1. The average Bonchev–Trinajstić information content (AvgIpc) is 2.48. The Morgan fingerprint density at radius 2 is 1.95 bits per heavy atom. The van der Waals surface area contributed by atoms with Crippen molar-refractivity contribution >= 4 is 39.2 Å². The molecule has 1 aromatic rings. The molecule has 0 aliphatic heterocycles. The van der Waals surface area contributed by atoms with E-state index in [1.807, 2.05) is 12.1 Å². The molecule has 22 heavy (non-hydrogen) atoms. The number of quaternary nitrogens is 1. The summed E-state index contributed by atoms with van der Waals surface area (Å²) >= 11 is 8.39. The molecular weight excluding hydrogens is 368 g/mol. The van der Waals surface area contributed by atoms with Crippen LogP contribution >= 0.6 is 28.1 Å². The monoisotopic (exact) mass is 389 g/mol. The van der Waals surface area contributed by atoms with Gasteiger partial charge in [0.2, 0.25) is 0 Å². The number of rotatable bonds is 7. The third kappa shape index (κ3) is 8.81. The Balaban J connectivity index is 2.12. The minimum Gasteiger partial charge on any atom is -0.484 e. The highest BCUT2D eigenvalue weighted by atomic mass is 79.9. The lowest BCUT2D eigenvalue weighted by Gasteiger charge is -2.12. The maximum absolute atomic E-state index is 11.6. The molecule has 0 atom stereocenters. The molecule has 0 bridgehead atoms. The summed E-state index contributed by atoms with van der Waals surface area (Å²) < 4.78 is 6.30. The molecule has 122 valence electrons. The van der Waals surface area contributed by atoms with Crippen LogP contribution in [-0.4, -0.2) is 44.8 Å². The van der Waals surface area contributed by atoms with Gasteiger partial charge in [0.15, 0.2) is 11.7 Å². The fourth-order valence-corrected chi connectivity index (χ4v) is 1.95. The molecule has 8 heteroatoms. The smallest absolute Gasteiger partial charge is 0.276 e. The van der Waals surface area contributed by atoms with Gasteiger partial charge in [0.25, 0.3) is 5.91 Å². The van der Waals surface area contributed by atoms with Crippen molar-refractivity contribution < 1.29 is 14.4 Å². The molecule has 6 nitrogen and oxygen atoms in total. The van der Waals surface area contributed by atoms with Gasteiger partial charge >= 0.3 is 0 Å². The lowest BCUT2D eigenvalue weighted by atomic mass is 10.3. The molecular formula is C14H22BrN4O2S+. The molecule has 0 saturated carbocycles. The molecule has 1 amide bonds. The van der Waals surface area contributed by atoms with Crippen LogP contribution in [0.15, 0.2) is 28.7 Å². The Hall–Kier alpha value is -1.38. The predicted molar refractivity (Wildman–Crippen MR) is 93.8 cm³/mol. The standard InChI is InChI=1S/C14H21BrN4O2S/c1-19(2)9-3-8-16-14(22)18-17-13(20)10-21-12-6-4-11(15)5-7-12/h4-7H,3,8-10H2,1-2H3,(H,17,20)(H2,16,18,22)/p+1. The topological polar surface area (TPSA) is 66.8 Å². The molecule has 1 aromatic carbocycles. The van der Waals surface area contributed by atoms with Crippen molar-refractivity contribution in [2.45, 2.75) is 6.42 Å². The van der Waals surface area contributed by atoms with Crippen LogP contribution in [0.4, 0.5) is 0 Å². The summed E-state index contributed by atoms with van der Waals surface area (Å²) in [6.07, 6.45) is 1.00. The fourth-order valence-electron chi connectivity index (χ4n) is 1.53. The quantitative estimate of drug-likeness (QED) is 0.297. The SMILES string of the molecule is C[NH+](C)CCCNC(=S)NNC(=O)COc1ccc(Br)cc1. The highest BCUT2D eigenvalue weighted by Gasteiger charge is 2.03. The number of hydrazine groups is 1. The van der Waals surface area contributed by atoms with Gasteiger partial charge in [-0.25, -0.2) is 0 Å². The number of halogens is 1. The minimum absolute atomic E-state index is 0.0821. The van der Waals surface area contributed by atoms with Crippen LogP contribution in [0.5, 0.6) is 5.75 Å². The van der Waals surface area contributed by atoms with Crippen LogP contribution in [0.2, 0.25) is 0 Å². The second-order valence-electron chi connectivity index (χ2n) is 4.98. The van der Waals surface area contributed by atoms with Crippen LogP contribution < -0.4 is 25.8 Å². The first-order valence-electron chi connectivity index (χ1n) is 6.97. The van der Waals surface area contributed by atoms with E-state index in [1.54, 1.807) is 12.1 Å². The van der Waals surface area contributed by atoms with Crippen LogP contribution in [-0.2, 0) is 4.79 Å². The van der Waals surface area contributed by atoms with E-state index < -0.39 is 0 Å². The van der Waals surface area contributed by atoms with E-state index in [9.17, 15) is 4.79 Å². The number of carbonyl (C=O) groups is 1. The van der Waals surface area contributed by atoms with Gasteiger partial charge in [-0.2, -0.15) is 0 Å². The van der Waals surface area contributed by atoms with Crippen molar-refractivity contribution in [1.29, 1.82) is 0 Å². The summed E-state index contributed by atoms with van der Waals surface area (Å²) in [5.41, 5.74) is 5.12. The first-order chi connectivity index (χ1) is 10.5. The van der Waals surface area contributed by atoms with Crippen molar-refractivity contribution in [3.63, 3.8) is 0 Å². The number of nitrogens with one attached hydrogen (secondary N) is 4. The summed E-state index contributed by atoms with van der Waals surface area (Å²) in [5, 5.41) is 3.41. The lowest BCUT2D eigenvalue weighted by molar-refractivity contribution is -0.858. The summed E-state index contributed by atoms with van der Waals surface area (Å²) in [4.78, 5) is 13.0. The maximum Gasteiger partial charge on any atom is 0.276 e. The van der Waals surface area contributed by atoms with Gasteiger partial charge < -0.3 is 15.0 Å². The third-order valence-electron chi connectivity index (χ3n) is 2.64. The zero-order chi connectivity index (χ0) is 16.4. The van der Waals surface area contributed by atoms with Crippen molar-refractivity contribution in [3.8, 4) is 5.75 Å². The Morgan fingerprint density at radius 1 is 1.27 bits per heavy atom. The number of hydrogen-bond acceptors (Lipinski definition) is 3. The van der Waals surface area contributed by atoms with Gasteiger partial charge in [-0.15, -0.1) is 0 Å². The molecule has 0 fully saturated rings. The molecule has 0 radical (unpaired) electrons. The van der Waals surface area contributed by atoms with Gasteiger partial charge in [0.05, 0.1) is 20.6 Å². The Bertz CT molecular complexity index is 482. The molecule has 0 aliphatic carbocycles. The molecule has 0 spiro atoms. The highest BCUT2D eigenvalue weighted by Crippen LogP contribution is 2.15. The zero-order valence-corrected chi connectivity index (χ0v) is 15.1. The largest absolute Gasteiger partial charge is 0.484 e. The zero-order valence-electron chi connectivity index (χ0n) is 12.7. The van der Waals surface area contributed by atoms with Crippen molar-refractivity contribution in [3.05, 3.63) is 28.7 Å². The summed E-state index contributed by atoms with van der Waals surface area (Å²) in [7, 11) is 4.20. The predicted octanol–water partition coefficient (Wildman–Crippen LogP) is -0.142. The number of hydrogen-bond donors (Lipinski definition) is 4. The van der Waals surface area contributed by atoms with E-state index in [0.29, 0.717) is 10.9 Å². The highest BCUT2D eigenvalue weighted by molar-refractivity contribution is 9.10. The van der Waals surface area contributed by atoms with E-state index in [4.69, 9.17) is 17.0 Å². The van der Waals surface area contributed by atoms with Gasteiger partial charge in [0.1, 0.15) is 5.75 Å². The summed E-state index contributed by atoms with van der Waals surface area (Å²) in [6, 6.07) is 7.26. The second-order valence-corrected chi connectivity index (χ2v) is 6.31.